The Kier molecular flexibility index (Phi) is 10.5. The summed E-state index contributed by atoms with van der Waals surface area (Å²) in [6, 6.07) is 1.05. The van der Waals surface area contributed by atoms with Gasteiger partial charge >= 0.3 is 8.56 Å². The SMILES string of the molecule is CCCCCCCCO[Si](CC)(CC)OCc1c(F)c(F)c(F)c(F)c1F. The molecule has 0 saturated carbocycles. The summed E-state index contributed by atoms with van der Waals surface area (Å²) < 4.78 is 79.0. The molecule has 0 aliphatic rings. The van der Waals surface area contributed by atoms with E-state index in [0.717, 1.165) is 19.3 Å². The molecule has 0 N–H and O–H groups in total. The molecule has 0 aliphatic heterocycles. The Morgan fingerprint density at radius 3 is 1.63 bits per heavy atom. The van der Waals surface area contributed by atoms with Gasteiger partial charge in [0.1, 0.15) is 0 Å². The van der Waals surface area contributed by atoms with Crippen LogP contribution in [0.3, 0.4) is 0 Å². The maximum Gasteiger partial charge on any atom is 0.337 e. The van der Waals surface area contributed by atoms with Gasteiger partial charge < -0.3 is 8.85 Å². The number of unbranched alkanes of at least 4 members (excludes halogenated alkanes) is 5. The Hall–Kier alpha value is -0.993. The first-order valence-electron chi connectivity index (χ1n) is 9.61. The van der Waals surface area contributed by atoms with Gasteiger partial charge in [0.25, 0.3) is 0 Å². The summed E-state index contributed by atoms with van der Waals surface area (Å²) in [5.74, 6) is -9.78. The summed E-state index contributed by atoms with van der Waals surface area (Å²) in [4.78, 5) is 0. The summed E-state index contributed by atoms with van der Waals surface area (Å²) >= 11 is 0. The first-order valence-corrected chi connectivity index (χ1v) is 11.8. The highest BCUT2D eigenvalue weighted by atomic mass is 28.4. The molecular formula is C19H29F5O2Si. The Labute approximate surface area is 159 Å². The zero-order chi connectivity index (χ0) is 20.4. The number of benzene rings is 1. The molecule has 1 rings (SSSR count). The van der Waals surface area contributed by atoms with E-state index in [-0.39, 0.29) is 0 Å². The van der Waals surface area contributed by atoms with E-state index < -0.39 is 49.8 Å². The van der Waals surface area contributed by atoms with Gasteiger partial charge in [0.15, 0.2) is 23.3 Å². The molecule has 156 valence electrons. The second-order valence-corrected chi connectivity index (χ2v) is 10.4. The van der Waals surface area contributed by atoms with Crippen molar-refractivity contribution in [3.63, 3.8) is 0 Å². The minimum atomic E-state index is -2.77. The fourth-order valence-electron chi connectivity index (χ4n) is 2.82. The molecule has 0 radical (unpaired) electrons. The number of halogens is 5. The highest BCUT2D eigenvalue weighted by molar-refractivity contribution is 6.67. The van der Waals surface area contributed by atoms with Crippen molar-refractivity contribution in [3.8, 4) is 0 Å². The molecule has 0 bridgehead atoms. The predicted octanol–water partition coefficient (Wildman–Crippen LogP) is 6.76. The smallest absolute Gasteiger partial charge is 0.337 e. The minimum Gasteiger partial charge on any atom is -0.394 e. The maximum atomic E-state index is 13.8. The van der Waals surface area contributed by atoms with Gasteiger partial charge in [0, 0.05) is 6.61 Å². The molecule has 1 aromatic carbocycles. The van der Waals surface area contributed by atoms with E-state index >= 15 is 0 Å². The second-order valence-electron chi connectivity index (χ2n) is 6.57. The van der Waals surface area contributed by atoms with Gasteiger partial charge in [-0.15, -0.1) is 0 Å². The van der Waals surface area contributed by atoms with Gasteiger partial charge in [-0.2, -0.15) is 0 Å². The molecule has 2 nitrogen and oxygen atoms in total. The minimum absolute atomic E-state index is 0.469. The molecule has 0 atom stereocenters. The summed E-state index contributed by atoms with van der Waals surface area (Å²) in [6.45, 7) is 5.60. The first kappa shape index (κ1) is 24.0. The average molecular weight is 413 g/mol. The zero-order valence-corrected chi connectivity index (χ0v) is 17.3. The second kappa shape index (κ2) is 11.8. The summed E-state index contributed by atoms with van der Waals surface area (Å²) in [5, 5.41) is 0. The Morgan fingerprint density at radius 2 is 1.11 bits per heavy atom. The molecular weight excluding hydrogens is 383 g/mol. The van der Waals surface area contributed by atoms with Gasteiger partial charge in [-0.05, 0) is 18.5 Å². The van der Waals surface area contributed by atoms with Crippen LogP contribution in [0.2, 0.25) is 12.1 Å². The highest BCUT2D eigenvalue weighted by Crippen LogP contribution is 2.27. The van der Waals surface area contributed by atoms with Gasteiger partial charge in [0.05, 0.1) is 12.2 Å². The fraction of sp³-hybridized carbons (Fsp3) is 0.684. The van der Waals surface area contributed by atoms with E-state index in [0.29, 0.717) is 18.7 Å². The van der Waals surface area contributed by atoms with Crippen molar-refractivity contribution in [2.75, 3.05) is 6.61 Å². The van der Waals surface area contributed by atoms with E-state index in [1.165, 1.54) is 19.3 Å². The van der Waals surface area contributed by atoms with E-state index in [1.807, 2.05) is 13.8 Å². The summed E-state index contributed by atoms with van der Waals surface area (Å²) in [7, 11) is -2.77. The lowest BCUT2D eigenvalue weighted by Gasteiger charge is -2.29. The van der Waals surface area contributed by atoms with Gasteiger partial charge in [-0.3, -0.25) is 0 Å². The van der Waals surface area contributed by atoms with Gasteiger partial charge in [0.2, 0.25) is 5.82 Å². The van der Waals surface area contributed by atoms with Crippen LogP contribution in [0.1, 0.15) is 64.9 Å². The molecule has 0 heterocycles. The van der Waals surface area contributed by atoms with Crippen molar-refractivity contribution < 1.29 is 30.8 Å². The van der Waals surface area contributed by atoms with E-state index in [1.54, 1.807) is 0 Å². The summed E-state index contributed by atoms with van der Waals surface area (Å²) in [6.07, 6.45) is 6.55. The van der Waals surface area contributed by atoms with Gasteiger partial charge in [-0.25, -0.2) is 22.0 Å². The molecule has 0 fully saturated rings. The van der Waals surface area contributed by atoms with Crippen LogP contribution in [0, 0.1) is 29.1 Å². The molecule has 0 amide bonds. The quantitative estimate of drug-likeness (QED) is 0.117. The van der Waals surface area contributed by atoms with E-state index in [2.05, 4.69) is 6.92 Å². The van der Waals surface area contributed by atoms with Crippen molar-refractivity contribution in [3.05, 3.63) is 34.6 Å². The van der Waals surface area contributed by atoms with E-state index in [9.17, 15) is 22.0 Å². The Balaban J connectivity index is 2.70. The largest absolute Gasteiger partial charge is 0.394 e. The topological polar surface area (TPSA) is 18.5 Å². The molecule has 8 heteroatoms. The fourth-order valence-corrected chi connectivity index (χ4v) is 5.14. The van der Waals surface area contributed by atoms with Crippen LogP contribution in [-0.2, 0) is 15.5 Å². The third-order valence-electron chi connectivity index (χ3n) is 4.72. The van der Waals surface area contributed by atoms with Crippen LogP contribution in [-0.4, -0.2) is 15.2 Å². The van der Waals surface area contributed by atoms with Crippen molar-refractivity contribution in [2.24, 2.45) is 0 Å². The number of hydrogen-bond donors (Lipinski definition) is 0. The van der Waals surface area contributed by atoms with Gasteiger partial charge in [-0.1, -0.05) is 52.9 Å². The van der Waals surface area contributed by atoms with Crippen LogP contribution in [0.25, 0.3) is 0 Å². The van der Waals surface area contributed by atoms with Crippen LogP contribution < -0.4 is 0 Å². The van der Waals surface area contributed by atoms with Crippen LogP contribution in [0.5, 0.6) is 0 Å². The van der Waals surface area contributed by atoms with E-state index in [4.69, 9.17) is 8.85 Å². The predicted molar refractivity (Wildman–Crippen MR) is 97.1 cm³/mol. The third kappa shape index (κ3) is 6.53. The molecule has 0 aliphatic carbocycles. The number of rotatable bonds is 13. The summed E-state index contributed by atoms with van der Waals surface area (Å²) in [5.41, 5.74) is -0.951. The van der Waals surface area contributed by atoms with Crippen molar-refractivity contribution in [1.29, 1.82) is 0 Å². The van der Waals surface area contributed by atoms with Crippen molar-refractivity contribution >= 4 is 8.56 Å². The molecule has 0 unspecified atom stereocenters. The monoisotopic (exact) mass is 412 g/mol. The lowest BCUT2D eigenvalue weighted by molar-refractivity contribution is 0.153. The third-order valence-corrected chi connectivity index (χ3v) is 8.28. The Bertz CT molecular complexity index is 565. The molecule has 0 aromatic heterocycles. The van der Waals surface area contributed by atoms with Crippen LogP contribution in [0.4, 0.5) is 22.0 Å². The van der Waals surface area contributed by atoms with Crippen LogP contribution >= 0.6 is 0 Å². The molecule has 0 spiro atoms. The Morgan fingerprint density at radius 1 is 0.630 bits per heavy atom. The van der Waals surface area contributed by atoms with Crippen molar-refractivity contribution in [2.45, 2.75) is 78.0 Å². The molecule has 0 saturated heterocycles. The lowest BCUT2D eigenvalue weighted by atomic mass is 10.1. The standard InChI is InChI=1S/C19H29F5O2Si/c1-4-7-8-9-10-11-12-25-27(5-2,6-3)26-13-14-15(20)17(22)19(24)18(23)16(14)21/h4-13H2,1-3H3. The average Bonchev–Trinajstić information content (AvgIpc) is 2.68. The normalized spacial score (nSPS) is 12.0. The van der Waals surface area contributed by atoms with Crippen molar-refractivity contribution in [1.82, 2.24) is 0 Å². The molecule has 27 heavy (non-hydrogen) atoms. The maximum absolute atomic E-state index is 13.8. The zero-order valence-electron chi connectivity index (χ0n) is 16.3. The molecule has 1 aromatic rings. The highest BCUT2D eigenvalue weighted by Gasteiger charge is 2.35. The lowest BCUT2D eigenvalue weighted by Crippen LogP contribution is -2.41. The first-order chi connectivity index (χ1) is 12.8. The number of hydrogen-bond acceptors (Lipinski definition) is 2. The van der Waals surface area contributed by atoms with Crippen LogP contribution in [0.15, 0.2) is 0 Å².